The molecule has 1 aromatic heterocycles. The molecule has 2 atom stereocenters. The van der Waals surface area contributed by atoms with Gasteiger partial charge in [-0.15, -0.1) is 11.3 Å². The molecular weight excluding hydrogens is 436 g/mol. The van der Waals surface area contributed by atoms with Crippen molar-refractivity contribution >= 4 is 33.2 Å². The molecule has 2 aromatic rings. The molecule has 31 heavy (non-hydrogen) atoms. The minimum absolute atomic E-state index is 0.150. The quantitative estimate of drug-likeness (QED) is 0.588. The van der Waals surface area contributed by atoms with Crippen LogP contribution in [0, 0.1) is 11.8 Å². The van der Waals surface area contributed by atoms with Crippen molar-refractivity contribution in [1.82, 2.24) is 9.21 Å². The molecule has 1 aliphatic heterocycles. The lowest BCUT2D eigenvalue weighted by Gasteiger charge is -2.34. The first-order valence-electron chi connectivity index (χ1n) is 10.2. The smallest absolute Gasteiger partial charge is 0.338 e. The second-order valence-corrected chi connectivity index (χ2v) is 11.2. The monoisotopic (exact) mass is 464 g/mol. The minimum atomic E-state index is -3.61. The number of piperidine rings is 1. The highest BCUT2D eigenvalue weighted by Crippen LogP contribution is 2.26. The summed E-state index contributed by atoms with van der Waals surface area (Å²) in [7, 11) is -1.96. The van der Waals surface area contributed by atoms with Gasteiger partial charge in [0, 0.05) is 25.0 Å². The molecule has 2 unspecified atom stereocenters. The van der Waals surface area contributed by atoms with Crippen molar-refractivity contribution in [3.05, 3.63) is 52.2 Å². The maximum Gasteiger partial charge on any atom is 0.338 e. The Labute approximate surface area is 187 Å². The van der Waals surface area contributed by atoms with Gasteiger partial charge in [-0.2, -0.15) is 4.31 Å². The maximum absolute atomic E-state index is 12.9. The van der Waals surface area contributed by atoms with Gasteiger partial charge in [0.25, 0.3) is 5.91 Å². The number of hydrogen-bond acceptors (Lipinski definition) is 6. The molecule has 1 aliphatic rings. The van der Waals surface area contributed by atoms with Gasteiger partial charge in [-0.3, -0.25) is 4.79 Å². The number of rotatable bonds is 7. The Morgan fingerprint density at radius 3 is 2.35 bits per heavy atom. The van der Waals surface area contributed by atoms with E-state index >= 15 is 0 Å². The molecule has 1 fully saturated rings. The number of hydrogen-bond donors (Lipinski definition) is 0. The first-order valence-corrected chi connectivity index (χ1v) is 12.5. The number of thiophene rings is 1. The van der Waals surface area contributed by atoms with E-state index in [1.54, 1.807) is 18.4 Å². The highest BCUT2D eigenvalue weighted by molar-refractivity contribution is 7.89. The van der Waals surface area contributed by atoms with Crippen molar-refractivity contribution in [3.8, 4) is 0 Å². The van der Waals surface area contributed by atoms with Gasteiger partial charge < -0.3 is 9.64 Å². The molecule has 0 aliphatic carbocycles. The molecule has 1 saturated heterocycles. The van der Waals surface area contributed by atoms with Crippen LogP contribution in [0.3, 0.4) is 0 Å². The third-order valence-electron chi connectivity index (χ3n) is 5.29. The standard InChI is InChI=1S/C22H28N2O5S2/c1-16-11-17(2)13-24(12-16)31(27,28)20-8-6-18(7-9-20)22(26)29-15-21(25)23(3)14-19-5-4-10-30-19/h4-10,16-17H,11-15H2,1-3H3. The zero-order chi connectivity index (χ0) is 22.6. The number of benzene rings is 1. The van der Waals surface area contributed by atoms with Crippen LogP contribution in [0.25, 0.3) is 0 Å². The SMILES string of the molecule is CC1CC(C)CN(S(=O)(=O)c2ccc(C(=O)OCC(=O)N(C)Cc3cccs3)cc2)C1. The summed E-state index contributed by atoms with van der Waals surface area (Å²) in [5, 5.41) is 1.93. The Kier molecular flexibility index (Phi) is 7.51. The average molecular weight is 465 g/mol. The predicted molar refractivity (Wildman–Crippen MR) is 119 cm³/mol. The zero-order valence-corrected chi connectivity index (χ0v) is 19.6. The summed E-state index contributed by atoms with van der Waals surface area (Å²) in [4.78, 5) is 27.2. The Bertz CT molecular complexity index is 993. The van der Waals surface area contributed by atoms with Gasteiger partial charge in [0.1, 0.15) is 0 Å². The van der Waals surface area contributed by atoms with E-state index < -0.39 is 16.0 Å². The van der Waals surface area contributed by atoms with Crippen molar-refractivity contribution in [3.63, 3.8) is 0 Å². The number of likely N-dealkylation sites (N-methyl/N-ethyl adjacent to an activating group) is 1. The van der Waals surface area contributed by atoms with Gasteiger partial charge in [0.05, 0.1) is 17.0 Å². The second-order valence-electron chi connectivity index (χ2n) is 8.20. The minimum Gasteiger partial charge on any atom is -0.452 e. The molecule has 1 aromatic carbocycles. The van der Waals surface area contributed by atoms with E-state index in [0.717, 1.165) is 11.3 Å². The van der Waals surface area contributed by atoms with Crippen molar-refractivity contribution in [1.29, 1.82) is 0 Å². The van der Waals surface area contributed by atoms with E-state index in [0.29, 0.717) is 31.5 Å². The lowest BCUT2D eigenvalue weighted by Crippen LogP contribution is -2.42. The molecule has 1 amide bonds. The summed E-state index contributed by atoms with van der Waals surface area (Å²) < 4.78 is 32.5. The van der Waals surface area contributed by atoms with E-state index in [1.807, 2.05) is 17.5 Å². The normalized spacial score (nSPS) is 19.7. The van der Waals surface area contributed by atoms with Gasteiger partial charge >= 0.3 is 5.97 Å². The van der Waals surface area contributed by atoms with Gasteiger partial charge in [0.15, 0.2) is 6.61 Å². The van der Waals surface area contributed by atoms with Gasteiger partial charge in [-0.05, 0) is 54.0 Å². The van der Waals surface area contributed by atoms with Gasteiger partial charge in [-0.1, -0.05) is 19.9 Å². The van der Waals surface area contributed by atoms with E-state index in [-0.39, 0.29) is 23.0 Å². The van der Waals surface area contributed by atoms with E-state index in [2.05, 4.69) is 13.8 Å². The van der Waals surface area contributed by atoms with Crippen LogP contribution in [0.2, 0.25) is 0 Å². The van der Waals surface area contributed by atoms with Crippen molar-refractivity contribution in [2.75, 3.05) is 26.7 Å². The molecule has 7 nitrogen and oxygen atoms in total. The molecule has 0 radical (unpaired) electrons. The number of sulfonamides is 1. The topological polar surface area (TPSA) is 84.0 Å². The summed E-state index contributed by atoms with van der Waals surface area (Å²) >= 11 is 1.55. The highest BCUT2D eigenvalue weighted by atomic mass is 32.2. The lowest BCUT2D eigenvalue weighted by molar-refractivity contribution is -0.133. The van der Waals surface area contributed by atoms with Gasteiger partial charge in [-0.25, -0.2) is 13.2 Å². The fraction of sp³-hybridized carbons (Fsp3) is 0.455. The van der Waals surface area contributed by atoms with Crippen LogP contribution >= 0.6 is 11.3 Å². The van der Waals surface area contributed by atoms with Crippen LogP contribution in [0.15, 0.2) is 46.7 Å². The third kappa shape index (κ3) is 5.93. The molecule has 168 valence electrons. The summed E-state index contributed by atoms with van der Waals surface area (Å²) in [6.45, 7) is 5.18. The van der Waals surface area contributed by atoms with E-state index in [9.17, 15) is 18.0 Å². The molecule has 3 rings (SSSR count). The number of amides is 1. The summed E-state index contributed by atoms with van der Waals surface area (Å²) in [5.74, 6) is -0.358. The fourth-order valence-corrected chi connectivity index (χ4v) is 6.20. The summed E-state index contributed by atoms with van der Waals surface area (Å²) in [5.41, 5.74) is 0.202. The first-order chi connectivity index (χ1) is 14.7. The van der Waals surface area contributed by atoms with Crippen LogP contribution in [-0.2, 0) is 26.1 Å². The van der Waals surface area contributed by atoms with Crippen molar-refractivity contribution in [2.24, 2.45) is 11.8 Å². The Hall–Kier alpha value is -2.23. The van der Waals surface area contributed by atoms with Crippen LogP contribution < -0.4 is 0 Å². The van der Waals surface area contributed by atoms with E-state index in [4.69, 9.17) is 4.74 Å². The van der Waals surface area contributed by atoms with E-state index in [1.165, 1.54) is 33.5 Å². The average Bonchev–Trinajstić information content (AvgIpc) is 3.24. The number of nitrogens with zero attached hydrogens (tertiary/aromatic N) is 2. The summed E-state index contributed by atoms with van der Waals surface area (Å²) in [6.07, 6.45) is 1.01. The highest BCUT2D eigenvalue weighted by Gasteiger charge is 2.31. The molecule has 2 heterocycles. The summed E-state index contributed by atoms with van der Waals surface area (Å²) in [6, 6.07) is 9.52. The van der Waals surface area contributed by atoms with Crippen molar-refractivity contribution in [2.45, 2.75) is 31.7 Å². The predicted octanol–water partition coefficient (Wildman–Crippen LogP) is 3.23. The van der Waals surface area contributed by atoms with Crippen molar-refractivity contribution < 1.29 is 22.7 Å². The largest absolute Gasteiger partial charge is 0.452 e. The first kappa shape index (κ1) is 23.4. The molecule has 0 spiro atoms. The molecule has 0 saturated carbocycles. The Morgan fingerprint density at radius 2 is 1.77 bits per heavy atom. The molecular formula is C22H28N2O5S2. The number of carbonyl (C=O) groups is 2. The molecule has 0 bridgehead atoms. The van der Waals surface area contributed by atoms with Crippen LogP contribution in [-0.4, -0.2) is 56.2 Å². The lowest BCUT2D eigenvalue weighted by atomic mass is 9.94. The maximum atomic E-state index is 12.9. The Morgan fingerprint density at radius 1 is 1.13 bits per heavy atom. The number of ether oxygens (including phenoxy) is 1. The van der Waals surface area contributed by atoms with Crippen LogP contribution in [0.4, 0.5) is 0 Å². The third-order valence-corrected chi connectivity index (χ3v) is 8.00. The van der Waals surface area contributed by atoms with Crippen LogP contribution in [0.1, 0.15) is 35.5 Å². The zero-order valence-electron chi connectivity index (χ0n) is 18.0. The molecule has 0 N–H and O–H groups in total. The van der Waals surface area contributed by atoms with Gasteiger partial charge in [0.2, 0.25) is 10.0 Å². The number of esters is 1. The number of carbonyl (C=O) groups excluding carboxylic acids is 2. The molecule has 9 heteroatoms. The Balaban J connectivity index is 1.57. The fourth-order valence-electron chi connectivity index (χ4n) is 3.76. The second kappa shape index (κ2) is 9.93. The van der Waals surface area contributed by atoms with Crippen LogP contribution in [0.5, 0.6) is 0 Å².